The maximum absolute atomic E-state index is 5.91. The normalized spacial score (nSPS) is 25.4. The molecule has 2 nitrogen and oxygen atoms in total. The zero-order valence-electron chi connectivity index (χ0n) is 10.3. The standard InChI is InChI=1S/C14H22N2/c1-10-4-3-5-12(8-10)16-13-7-6-11(2)14(15)9-13/h6-7,9-10,12,16H,3-5,8,15H2,1-2H3. The maximum Gasteiger partial charge on any atom is 0.0364 e. The third-order valence-electron chi connectivity index (χ3n) is 3.59. The topological polar surface area (TPSA) is 38.0 Å². The van der Waals surface area contributed by atoms with Crippen LogP contribution < -0.4 is 11.1 Å². The molecule has 0 spiro atoms. The van der Waals surface area contributed by atoms with Gasteiger partial charge >= 0.3 is 0 Å². The molecule has 1 fully saturated rings. The molecule has 0 bridgehead atoms. The van der Waals surface area contributed by atoms with Crippen molar-refractivity contribution >= 4 is 11.4 Å². The van der Waals surface area contributed by atoms with E-state index in [1.165, 1.54) is 31.4 Å². The molecule has 0 heterocycles. The predicted octanol–water partition coefficient (Wildman–Crippen LogP) is 3.57. The van der Waals surface area contributed by atoms with Gasteiger partial charge in [-0.15, -0.1) is 0 Å². The van der Waals surface area contributed by atoms with Crippen LogP contribution in [0.2, 0.25) is 0 Å². The second-order valence-corrected chi connectivity index (χ2v) is 5.18. The number of nitrogens with two attached hydrogens (primary N) is 1. The number of rotatable bonds is 2. The van der Waals surface area contributed by atoms with E-state index in [1.807, 2.05) is 6.92 Å². The van der Waals surface area contributed by atoms with E-state index in [9.17, 15) is 0 Å². The summed E-state index contributed by atoms with van der Waals surface area (Å²) in [5.41, 5.74) is 9.12. The Labute approximate surface area is 98.2 Å². The highest BCUT2D eigenvalue weighted by molar-refractivity contribution is 5.58. The van der Waals surface area contributed by atoms with Crippen LogP contribution in [0.25, 0.3) is 0 Å². The Morgan fingerprint density at radius 3 is 2.81 bits per heavy atom. The molecule has 88 valence electrons. The van der Waals surface area contributed by atoms with Crippen molar-refractivity contribution in [3.63, 3.8) is 0 Å². The fourth-order valence-corrected chi connectivity index (χ4v) is 2.53. The fourth-order valence-electron chi connectivity index (χ4n) is 2.53. The van der Waals surface area contributed by atoms with Crippen molar-refractivity contribution in [2.24, 2.45) is 5.92 Å². The minimum absolute atomic E-state index is 0.630. The van der Waals surface area contributed by atoms with Crippen molar-refractivity contribution in [2.75, 3.05) is 11.1 Å². The van der Waals surface area contributed by atoms with Crippen molar-refractivity contribution in [1.29, 1.82) is 0 Å². The number of benzene rings is 1. The maximum atomic E-state index is 5.91. The Hall–Kier alpha value is -1.18. The van der Waals surface area contributed by atoms with Crippen LogP contribution in [-0.4, -0.2) is 6.04 Å². The largest absolute Gasteiger partial charge is 0.398 e. The van der Waals surface area contributed by atoms with Crippen molar-refractivity contribution in [3.8, 4) is 0 Å². The molecule has 0 aliphatic heterocycles. The molecule has 0 saturated heterocycles. The van der Waals surface area contributed by atoms with Gasteiger partial charge in [0.1, 0.15) is 0 Å². The summed E-state index contributed by atoms with van der Waals surface area (Å²) < 4.78 is 0. The summed E-state index contributed by atoms with van der Waals surface area (Å²) in [6.07, 6.45) is 5.31. The zero-order chi connectivity index (χ0) is 11.5. The molecule has 16 heavy (non-hydrogen) atoms. The van der Waals surface area contributed by atoms with Crippen LogP contribution in [0.5, 0.6) is 0 Å². The minimum Gasteiger partial charge on any atom is -0.398 e. The molecule has 1 aromatic rings. The van der Waals surface area contributed by atoms with Crippen LogP contribution in [0.15, 0.2) is 18.2 Å². The molecular weight excluding hydrogens is 196 g/mol. The summed E-state index contributed by atoms with van der Waals surface area (Å²) in [4.78, 5) is 0. The van der Waals surface area contributed by atoms with Gasteiger partial charge in [0.2, 0.25) is 0 Å². The van der Waals surface area contributed by atoms with Crippen molar-refractivity contribution in [1.82, 2.24) is 0 Å². The third-order valence-corrected chi connectivity index (χ3v) is 3.59. The Morgan fingerprint density at radius 2 is 2.12 bits per heavy atom. The highest BCUT2D eigenvalue weighted by Gasteiger charge is 2.18. The van der Waals surface area contributed by atoms with Crippen molar-refractivity contribution in [2.45, 2.75) is 45.6 Å². The van der Waals surface area contributed by atoms with Gasteiger partial charge in [0.05, 0.1) is 0 Å². The van der Waals surface area contributed by atoms with Crippen LogP contribution in [0.4, 0.5) is 11.4 Å². The van der Waals surface area contributed by atoms with Gasteiger partial charge in [0.15, 0.2) is 0 Å². The average molecular weight is 218 g/mol. The van der Waals surface area contributed by atoms with E-state index in [-0.39, 0.29) is 0 Å². The molecule has 2 atom stereocenters. The van der Waals surface area contributed by atoms with Gasteiger partial charge in [0, 0.05) is 17.4 Å². The lowest BCUT2D eigenvalue weighted by Crippen LogP contribution is -2.26. The molecule has 1 aromatic carbocycles. The highest BCUT2D eigenvalue weighted by Crippen LogP contribution is 2.27. The number of anilines is 2. The van der Waals surface area contributed by atoms with Crippen LogP contribution in [0.3, 0.4) is 0 Å². The first-order valence-electron chi connectivity index (χ1n) is 6.28. The lowest BCUT2D eigenvalue weighted by molar-refractivity contribution is 0.358. The Kier molecular flexibility index (Phi) is 3.37. The van der Waals surface area contributed by atoms with Gasteiger partial charge in [-0.2, -0.15) is 0 Å². The molecule has 0 amide bonds. The van der Waals surface area contributed by atoms with E-state index in [2.05, 4.69) is 30.4 Å². The summed E-state index contributed by atoms with van der Waals surface area (Å²) in [5.74, 6) is 0.856. The number of nitrogen functional groups attached to an aromatic ring is 1. The number of hydrogen-bond donors (Lipinski definition) is 2. The molecule has 2 rings (SSSR count). The predicted molar refractivity (Wildman–Crippen MR) is 70.6 cm³/mol. The van der Waals surface area contributed by atoms with Gasteiger partial charge in [0.25, 0.3) is 0 Å². The lowest BCUT2D eigenvalue weighted by Gasteiger charge is -2.28. The number of hydrogen-bond acceptors (Lipinski definition) is 2. The second-order valence-electron chi connectivity index (χ2n) is 5.18. The summed E-state index contributed by atoms with van der Waals surface area (Å²) in [6, 6.07) is 6.90. The monoisotopic (exact) mass is 218 g/mol. The summed E-state index contributed by atoms with van der Waals surface area (Å²) in [5, 5.41) is 3.60. The first-order chi connectivity index (χ1) is 7.65. The smallest absolute Gasteiger partial charge is 0.0364 e. The van der Waals surface area contributed by atoms with E-state index in [0.717, 1.165) is 17.2 Å². The van der Waals surface area contributed by atoms with Crippen molar-refractivity contribution in [3.05, 3.63) is 23.8 Å². The third kappa shape index (κ3) is 2.69. The zero-order valence-corrected chi connectivity index (χ0v) is 10.3. The molecule has 0 radical (unpaired) electrons. The highest BCUT2D eigenvalue weighted by atomic mass is 14.9. The van der Waals surface area contributed by atoms with E-state index >= 15 is 0 Å². The SMILES string of the molecule is Cc1ccc(NC2CCCC(C)C2)cc1N. The number of nitrogens with one attached hydrogen (secondary N) is 1. The minimum atomic E-state index is 0.630. The fraction of sp³-hybridized carbons (Fsp3) is 0.571. The Morgan fingerprint density at radius 1 is 1.31 bits per heavy atom. The Balaban J connectivity index is 2.00. The summed E-state index contributed by atoms with van der Waals surface area (Å²) in [7, 11) is 0. The Bertz CT molecular complexity index is 360. The second kappa shape index (κ2) is 4.77. The molecule has 3 N–H and O–H groups in total. The van der Waals surface area contributed by atoms with Gasteiger partial charge in [-0.3, -0.25) is 0 Å². The van der Waals surface area contributed by atoms with Gasteiger partial charge in [-0.05, 0) is 43.4 Å². The van der Waals surface area contributed by atoms with Crippen LogP contribution >= 0.6 is 0 Å². The summed E-state index contributed by atoms with van der Waals surface area (Å²) >= 11 is 0. The first-order valence-corrected chi connectivity index (χ1v) is 6.28. The lowest BCUT2D eigenvalue weighted by atomic mass is 9.87. The van der Waals surface area contributed by atoms with Crippen LogP contribution in [0, 0.1) is 12.8 Å². The first kappa shape index (κ1) is 11.3. The van der Waals surface area contributed by atoms with E-state index in [4.69, 9.17) is 5.73 Å². The average Bonchev–Trinajstić information content (AvgIpc) is 2.24. The molecule has 2 unspecified atom stereocenters. The van der Waals surface area contributed by atoms with Crippen LogP contribution in [-0.2, 0) is 0 Å². The van der Waals surface area contributed by atoms with Crippen LogP contribution in [0.1, 0.15) is 38.2 Å². The molecule has 1 saturated carbocycles. The van der Waals surface area contributed by atoms with Gasteiger partial charge in [-0.25, -0.2) is 0 Å². The molecule has 1 aliphatic rings. The van der Waals surface area contributed by atoms with Crippen molar-refractivity contribution < 1.29 is 0 Å². The molecule has 0 aromatic heterocycles. The van der Waals surface area contributed by atoms with E-state index < -0.39 is 0 Å². The quantitative estimate of drug-likeness (QED) is 0.745. The number of aryl methyl sites for hydroxylation is 1. The molecule has 2 heteroatoms. The molecule has 1 aliphatic carbocycles. The molecular formula is C14H22N2. The summed E-state index contributed by atoms with van der Waals surface area (Å²) in [6.45, 7) is 4.39. The van der Waals surface area contributed by atoms with Gasteiger partial charge in [-0.1, -0.05) is 25.8 Å². The van der Waals surface area contributed by atoms with E-state index in [0.29, 0.717) is 6.04 Å². The van der Waals surface area contributed by atoms with Gasteiger partial charge < -0.3 is 11.1 Å². The van der Waals surface area contributed by atoms with E-state index in [1.54, 1.807) is 0 Å².